The number of benzene rings is 3. The molecule has 3 nitrogen and oxygen atoms in total. The molecule has 0 saturated heterocycles. The molecule has 1 amide bonds. The van der Waals surface area contributed by atoms with Gasteiger partial charge in [-0.15, -0.1) is 11.8 Å². The second-order valence-corrected chi connectivity index (χ2v) is 7.23. The lowest BCUT2D eigenvalue weighted by Gasteiger charge is -2.25. The van der Waals surface area contributed by atoms with Crippen LogP contribution in [0.3, 0.4) is 0 Å². The average Bonchev–Trinajstić information content (AvgIpc) is 2.66. The van der Waals surface area contributed by atoms with E-state index in [1.54, 1.807) is 0 Å². The predicted octanol–water partition coefficient (Wildman–Crippen LogP) is 4.57. The standard InChI is InChI=1S/C21H19NO2S/c23-21(22-19-11-12-25-20-8-4-3-7-18(19)20)14-24-17-10-9-15-5-1-2-6-16(15)13-17/h1-10,13,19H,11-12,14H2,(H,22,23)/t19-/m0/s1. The third-order valence-corrected chi connectivity index (χ3v) is 5.51. The van der Waals surface area contributed by atoms with Crippen LogP contribution in [-0.4, -0.2) is 18.3 Å². The van der Waals surface area contributed by atoms with Crippen LogP contribution in [0, 0.1) is 0 Å². The van der Waals surface area contributed by atoms with Crippen LogP contribution < -0.4 is 10.1 Å². The first-order chi connectivity index (χ1) is 12.3. The molecule has 4 heteroatoms. The van der Waals surface area contributed by atoms with Gasteiger partial charge in [-0.2, -0.15) is 0 Å². The summed E-state index contributed by atoms with van der Waals surface area (Å²) in [6.07, 6.45) is 0.948. The zero-order valence-corrected chi connectivity index (χ0v) is 14.6. The van der Waals surface area contributed by atoms with Crippen LogP contribution in [0.4, 0.5) is 0 Å². The predicted molar refractivity (Wildman–Crippen MR) is 102 cm³/mol. The first-order valence-corrected chi connectivity index (χ1v) is 9.41. The molecule has 0 saturated carbocycles. The Morgan fingerprint density at radius 2 is 1.84 bits per heavy atom. The van der Waals surface area contributed by atoms with Crippen LogP contribution in [-0.2, 0) is 4.79 Å². The lowest BCUT2D eigenvalue weighted by molar-refractivity contribution is -0.123. The van der Waals surface area contributed by atoms with Gasteiger partial charge in [-0.1, -0.05) is 48.5 Å². The van der Waals surface area contributed by atoms with Crippen LogP contribution in [0.1, 0.15) is 18.0 Å². The van der Waals surface area contributed by atoms with E-state index in [1.165, 1.54) is 10.5 Å². The molecule has 126 valence electrons. The minimum Gasteiger partial charge on any atom is -0.484 e. The van der Waals surface area contributed by atoms with E-state index >= 15 is 0 Å². The van der Waals surface area contributed by atoms with Crippen molar-refractivity contribution in [2.24, 2.45) is 0 Å². The van der Waals surface area contributed by atoms with Crippen molar-refractivity contribution in [1.29, 1.82) is 0 Å². The molecule has 4 rings (SSSR count). The maximum Gasteiger partial charge on any atom is 0.258 e. The number of hydrogen-bond acceptors (Lipinski definition) is 3. The fourth-order valence-electron chi connectivity index (χ4n) is 3.13. The van der Waals surface area contributed by atoms with Crippen LogP contribution in [0.25, 0.3) is 10.8 Å². The van der Waals surface area contributed by atoms with Crippen LogP contribution in [0.2, 0.25) is 0 Å². The van der Waals surface area contributed by atoms with Gasteiger partial charge in [0, 0.05) is 10.6 Å². The van der Waals surface area contributed by atoms with E-state index in [9.17, 15) is 4.79 Å². The van der Waals surface area contributed by atoms with E-state index in [-0.39, 0.29) is 18.6 Å². The Labute approximate surface area is 151 Å². The number of amides is 1. The molecule has 0 spiro atoms. The second-order valence-electron chi connectivity index (χ2n) is 6.09. The van der Waals surface area contributed by atoms with E-state index in [2.05, 4.69) is 23.5 Å². The summed E-state index contributed by atoms with van der Waals surface area (Å²) in [6, 6.07) is 22.3. The van der Waals surface area contributed by atoms with Gasteiger partial charge in [0.2, 0.25) is 0 Å². The van der Waals surface area contributed by atoms with Gasteiger partial charge in [-0.25, -0.2) is 0 Å². The fourth-order valence-corrected chi connectivity index (χ4v) is 4.26. The zero-order valence-electron chi connectivity index (χ0n) is 13.8. The van der Waals surface area contributed by atoms with Crippen LogP contribution in [0.5, 0.6) is 5.75 Å². The van der Waals surface area contributed by atoms with E-state index < -0.39 is 0 Å². The van der Waals surface area contributed by atoms with Crippen molar-refractivity contribution in [3.05, 3.63) is 72.3 Å². The summed E-state index contributed by atoms with van der Waals surface area (Å²) in [4.78, 5) is 13.6. The van der Waals surface area contributed by atoms with E-state index in [4.69, 9.17) is 4.74 Å². The Morgan fingerprint density at radius 3 is 2.76 bits per heavy atom. The summed E-state index contributed by atoms with van der Waals surface area (Å²) < 4.78 is 5.69. The zero-order chi connectivity index (χ0) is 17.1. The monoisotopic (exact) mass is 349 g/mol. The lowest BCUT2D eigenvalue weighted by atomic mass is 10.0. The molecule has 0 aliphatic carbocycles. The molecule has 0 bridgehead atoms. The molecule has 1 aliphatic heterocycles. The van der Waals surface area contributed by atoms with Crippen molar-refractivity contribution in [2.45, 2.75) is 17.4 Å². The van der Waals surface area contributed by atoms with Gasteiger partial charge < -0.3 is 10.1 Å². The summed E-state index contributed by atoms with van der Waals surface area (Å²) in [6.45, 7) is 0.0319. The number of nitrogens with one attached hydrogen (secondary N) is 1. The Kier molecular flexibility index (Phi) is 4.61. The highest BCUT2D eigenvalue weighted by Crippen LogP contribution is 2.35. The van der Waals surface area contributed by atoms with Gasteiger partial charge in [-0.05, 0) is 41.0 Å². The van der Waals surface area contributed by atoms with Crippen molar-refractivity contribution in [3.63, 3.8) is 0 Å². The van der Waals surface area contributed by atoms with Gasteiger partial charge in [0.15, 0.2) is 6.61 Å². The molecule has 1 aliphatic rings. The number of carbonyl (C=O) groups is 1. The number of rotatable bonds is 4. The molecule has 0 aromatic heterocycles. The van der Waals surface area contributed by atoms with Gasteiger partial charge in [0.25, 0.3) is 5.91 Å². The molecule has 1 atom stereocenters. The maximum atomic E-state index is 12.3. The summed E-state index contributed by atoms with van der Waals surface area (Å²) >= 11 is 1.85. The summed E-state index contributed by atoms with van der Waals surface area (Å²) in [5, 5.41) is 5.38. The minimum absolute atomic E-state index is 0.0319. The van der Waals surface area contributed by atoms with Crippen LogP contribution in [0.15, 0.2) is 71.6 Å². The van der Waals surface area contributed by atoms with Crippen molar-refractivity contribution >= 4 is 28.4 Å². The highest BCUT2D eigenvalue weighted by atomic mass is 32.2. The quantitative estimate of drug-likeness (QED) is 0.750. The van der Waals surface area contributed by atoms with Crippen molar-refractivity contribution in [3.8, 4) is 5.75 Å². The average molecular weight is 349 g/mol. The van der Waals surface area contributed by atoms with E-state index in [0.29, 0.717) is 5.75 Å². The number of ether oxygens (including phenoxy) is 1. The molecule has 0 unspecified atom stereocenters. The number of carbonyl (C=O) groups excluding carboxylic acids is 1. The Balaban J connectivity index is 1.39. The van der Waals surface area contributed by atoms with E-state index in [1.807, 2.05) is 60.3 Å². The van der Waals surface area contributed by atoms with Crippen LogP contribution >= 0.6 is 11.8 Å². The molecular weight excluding hydrogens is 330 g/mol. The summed E-state index contributed by atoms with van der Waals surface area (Å²) in [5.41, 5.74) is 1.21. The molecule has 3 aromatic rings. The van der Waals surface area contributed by atoms with Gasteiger partial charge in [0.1, 0.15) is 5.75 Å². The number of fused-ring (bicyclic) bond motifs is 2. The highest BCUT2D eigenvalue weighted by molar-refractivity contribution is 7.99. The molecule has 0 fully saturated rings. The largest absolute Gasteiger partial charge is 0.484 e. The van der Waals surface area contributed by atoms with Gasteiger partial charge in [0.05, 0.1) is 6.04 Å². The maximum absolute atomic E-state index is 12.3. The molecule has 3 aromatic carbocycles. The third-order valence-electron chi connectivity index (χ3n) is 4.38. The molecular formula is C21H19NO2S. The molecule has 1 N–H and O–H groups in total. The first kappa shape index (κ1) is 16.0. The van der Waals surface area contributed by atoms with Crippen molar-refractivity contribution in [1.82, 2.24) is 5.32 Å². The molecule has 1 heterocycles. The Hall–Kier alpha value is -2.46. The van der Waals surface area contributed by atoms with Gasteiger partial charge >= 0.3 is 0 Å². The fraction of sp³-hybridized carbons (Fsp3) is 0.190. The molecule has 25 heavy (non-hydrogen) atoms. The van der Waals surface area contributed by atoms with Crippen molar-refractivity contribution < 1.29 is 9.53 Å². The van der Waals surface area contributed by atoms with Crippen molar-refractivity contribution in [2.75, 3.05) is 12.4 Å². The lowest BCUT2D eigenvalue weighted by Crippen LogP contribution is -2.34. The Morgan fingerprint density at radius 1 is 1.04 bits per heavy atom. The van der Waals surface area contributed by atoms with E-state index in [0.717, 1.165) is 22.9 Å². The third kappa shape index (κ3) is 3.64. The second kappa shape index (κ2) is 7.19. The minimum atomic E-state index is -0.0835. The number of thioether (sulfide) groups is 1. The Bertz CT molecular complexity index is 909. The molecule has 0 radical (unpaired) electrons. The summed E-state index contributed by atoms with van der Waals surface area (Å²) in [7, 11) is 0. The number of hydrogen-bond donors (Lipinski definition) is 1. The topological polar surface area (TPSA) is 38.3 Å². The highest BCUT2D eigenvalue weighted by Gasteiger charge is 2.21. The van der Waals surface area contributed by atoms with Gasteiger partial charge in [-0.3, -0.25) is 4.79 Å². The summed E-state index contributed by atoms with van der Waals surface area (Å²) in [5.74, 6) is 1.65. The smallest absolute Gasteiger partial charge is 0.258 e. The first-order valence-electron chi connectivity index (χ1n) is 8.42. The normalized spacial score (nSPS) is 16.2. The SMILES string of the molecule is O=C(COc1ccc2ccccc2c1)N[C@H]1CCSc2ccccc21.